The van der Waals surface area contributed by atoms with Gasteiger partial charge in [0.1, 0.15) is 18.3 Å². The van der Waals surface area contributed by atoms with Crippen molar-refractivity contribution in [2.45, 2.75) is 64.1 Å². The molecule has 1 saturated carbocycles. The van der Waals surface area contributed by atoms with E-state index in [1.807, 2.05) is 73.7 Å². The number of sulfonamides is 1. The molecule has 0 spiro atoms. The molecule has 0 aliphatic heterocycles. The monoisotopic (exact) mass is 591 g/mol. The molecule has 4 rings (SSSR count). The molecule has 3 aromatic rings. The van der Waals surface area contributed by atoms with Crippen LogP contribution in [0.2, 0.25) is 0 Å². The molecule has 1 atom stereocenters. The molecule has 1 aliphatic carbocycles. The summed E-state index contributed by atoms with van der Waals surface area (Å²) < 4.78 is 32.7. The van der Waals surface area contributed by atoms with Gasteiger partial charge in [-0.05, 0) is 54.2 Å². The standard InChI is InChI=1S/C33H41N3O5S/c1-4-27-16-8-11-20-30(27)36(42(3,39)40)24-32(37)35(23-26-15-12-19-29(21-26)41-2)31(22-25-13-6-5-7-14-25)33(38)34-28-17-9-10-18-28/h5-8,11-16,19-21,28,31H,4,9-10,17-18,22-24H2,1-3H3,(H,34,38). The summed E-state index contributed by atoms with van der Waals surface area (Å²) in [6.45, 7) is 1.62. The zero-order valence-electron chi connectivity index (χ0n) is 24.7. The predicted octanol–water partition coefficient (Wildman–Crippen LogP) is 4.72. The molecular formula is C33H41N3O5S. The molecule has 2 amide bonds. The Bertz CT molecular complexity index is 1460. The van der Waals surface area contributed by atoms with Crippen molar-refractivity contribution in [3.8, 4) is 5.75 Å². The number of ether oxygens (including phenoxy) is 1. The number of methoxy groups -OCH3 is 1. The number of nitrogens with one attached hydrogen (secondary N) is 1. The van der Waals surface area contributed by atoms with Crippen molar-refractivity contribution in [1.29, 1.82) is 0 Å². The van der Waals surface area contributed by atoms with Crippen LogP contribution < -0.4 is 14.4 Å². The molecule has 0 radical (unpaired) electrons. The van der Waals surface area contributed by atoms with Crippen molar-refractivity contribution in [2.24, 2.45) is 0 Å². The van der Waals surface area contributed by atoms with Gasteiger partial charge < -0.3 is 15.0 Å². The second kappa shape index (κ2) is 14.4. The third kappa shape index (κ3) is 8.12. The Morgan fingerprint density at radius 1 is 0.952 bits per heavy atom. The molecule has 42 heavy (non-hydrogen) atoms. The van der Waals surface area contributed by atoms with Crippen LogP contribution >= 0.6 is 0 Å². The number of rotatable bonds is 13. The zero-order chi connectivity index (χ0) is 30.1. The fourth-order valence-electron chi connectivity index (χ4n) is 5.54. The van der Waals surface area contributed by atoms with Crippen molar-refractivity contribution in [1.82, 2.24) is 10.2 Å². The Morgan fingerprint density at radius 2 is 1.62 bits per heavy atom. The van der Waals surface area contributed by atoms with Gasteiger partial charge >= 0.3 is 0 Å². The predicted molar refractivity (Wildman–Crippen MR) is 166 cm³/mol. The number of aryl methyl sites for hydroxylation is 1. The third-order valence-corrected chi connectivity index (χ3v) is 8.91. The number of hydrogen-bond acceptors (Lipinski definition) is 5. The van der Waals surface area contributed by atoms with E-state index in [1.165, 1.54) is 4.90 Å². The van der Waals surface area contributed by atoms with Gasteiger partial charge in [-0.1, -0.05) is 80.4 Å². The molecule has 0 saturated heterocycles. The molecular weight excluding hydrogens is 550 g/mol. The minimum Gasteiger partial charge on any atom is -0.497 e. The van der Waals surface area contributed by atoms with E-state index in [0.29, 0.717) is 24.3 Å². The molecule has 0 aromatic heterocycles. The minimum atomic E-state index is -3.82. The second-order valence-electron chi connectivity index (χ2n) is 10.8. The Morgan fingerprint density at radius 3 is 2.29 bits per heavy atom. The van der Waals surface area contributed by atoms with E-state index in [4.69, 9.17) is 4.74 Å². The van der Waals surface area contributed by atoms with E-state index in [9.17, 15) is 18.0 Å². The maximum Gasteiger partial charge on any atom is 0.244 e. The molecule has 1 unspecified atom stereocenters. The summed E-state index contributed by atoms with van der Waals surface area (Å²) in [5.74, 6) is -0.0666. The fraction of sp³-hybridized carbons (Fsp3) is 0.394. The SMILES string of the molecule is CCc1ccccc1N(CC(=O)N(Cc1cccc(OC)c1)C(Cc1ccccc1)C(=O)NC1CCCC1)S(C)(=O)=O. The van der Waals surface area contributed by atoms with Crippen LogP contribution in [0.1, 0.15) is 49.3 Å². The number of carbonyl (C=O) groups excluding carboxylic acids is 2. The van der Waals surface area contributed by atoms with Gasteiger partial charge in [-0.2, -0.15) is 0 Å². The lowest BCUT2D eigenvalue weighted by atomic mass is 10.0. The van der Waals surface area contributed by atoms with Gasteiger partial charge in [-0.15, -0.1) is 0 Å². The number of hydrogen-bond donors (Lipinski definition) is 1. The van der Waals surface area contributed by atoms with Crippen LogP contribution in [0, 0.1) is 0 Å². The minimum absolute atomic E-state index is 0.0634. The first kappa shape index (κ1) is 31.1. The van der Waals surface area contributed by atoms with Crippen LogP contribution in [0.15, 0.2) is 78.9 Å². The third-order valence-electron chi connectivity index (χ3n) is 7.78. The lowest BCUT2D eigenvalue weighted by molar-refractivity contribution is -0.140. The average Bonchev–Trinajstić information content (AvgIpc) is 3.50. The molecule has 1 fully saturated rings. The van der Waals surface area contributed by atoms with Crippen molar-refractivity contribution >= 4 is 27.5 Å². The highest BCUT2D eigenvalue weighted by atomic mass is 32.2. The van der Waals surface area contributed by atoms with Gasteiger partial charge in [-0.25, -0.2) is 8.42 Å². The highest BCUT2D eigenvalue weighted by Gasteiger charge is 2.34. The van der Waals surface area contributed by atoms with Crippen LogP contribution in [0.4, 0.5) is 5.69 Å². The molecule has 224 valence electrons. The summed E-state index contributed by atoms with van der Waals surface area (Å²) in [6, 6.07) is 23.3. The summed E-state index contributed by atoms with van der Waals surface area (Å²) in [4.78, 5) is 29.8. The maximum atomic E-state index is 14.3. The van der Waals surface area contributed by atoms with E-state index in [0.717, 1.165) is 52.9 Å². The summed E-state index contributed by atoms with van der Waals surface area (Å²) in [6.07, 6.45) is 5.92. The summed E-state index contributed by atoms with van der Waals surface area (Å²) in [5, 5.41) is 3.19. The van der Waals surface area contributed by atoms with Gasteiger partial charge in [0.25, 0.3) is 0 Å². The Labute approximate surface area is 249 Å². The molecule has 1 aliphatic rings. The van der Waals surface area contributed by atoms with Crippen LogP contribution in [0.25, 0.3) is 0 Å². The number of para-hydroxylation sites is 1. The lowest BCUT2D eigenvalue weighted by Crippen LogP contribution is -2.54. The molecule has 1 N–H and O–H groups in total. The Hall–Kier alpha value is -3.85. The largest absolute Gasteiger partial charge is 0.497 e. The van der Waals surface area contributed by atoms with Crippen LogP contribution in [-0.4, -0.2) is 57.1 Å². The molecule has 0 heterocycles. The van der Waals surface area contributed by atoms with E-state index in [-0.39, 0.29) is 18.5 Å². The first-order valence-electron chi connectivity index (χ1n) is 14.5. The fourth-order valence-corrected chi connectivity index (χ4v) is 6.42. The highest BCUT2D eigenvalue weighted by molar-refractivity contribution is 7.92. The number of nitrogens with zero attached hydrogens (tertiary/aromatic N) is 2. The number of amides is 2. The van der Waals surface area contributed by atoms with Crippen molar-refractivity contribution in [3.05, 3.63) is 95.6 Å². The summed E-state index contributed by atoms with van der Waals surface area (Å²) in [5.41, 5.74) is 2.96. The first-order chi connectivity index (χ1) is 20.2. The molecule has 0 bridgehead atoms. The number of carbonyl (C=O) groups is 2. The number of anilines is 1. The Balaban J connectivity index is 1.75. The van der Waals surface area contributed by atoms with Crippen molar-refractivity contribution < 1.29 is 22.7 Å². The second-order valence-corrected chi connectivity index (χ2v) is 12.7. The summed E-state index contributed by atoms with van der Waals surface area (Å²) >= 11 is 0. The average molecular weight is 592 g/mol. The van der Waals surface area contributed by atoms with Crippen LogP contribution in [0.5, 0.6) is 5.75 Å². The first-order valence-corrected chi connectivity index (χ1v) is 16.4. The van der Waals surface area contributed by atoms with E-state index >= 15 is 0 Å². The van der Waals surface area contributed by atoms with Crippen molar-refractivity contribution in [2.75, 3.05) is 24.2 Å². The van der Waals surface area contributed by atoms with E-state index < -0.39 is 28.5 Å². The zero-order valence-corrected chi connectivity index (χ0v) is 25.5. The van der Waals surface area contributed by atoms with Gasteiger partial charge in [0.2, 0.25) is 21.8 Å². The van der Waals surface area contributed by atoms with Gasteiger partial charge in [0.15, 0.2) is 0 Å². The Kier molecular flexibility index (Phi) is 10.6. The molecule has 9 heteroatoms. The van der Waals surface area contributed by atoms with Crippen molar-refractivity contribution in [3.63, 3.8) is 0 Å². The van der Waals surface area contributed by atoms with E-state index in [1.54, 1.807) is 19.2 Å². The quantitative estimate of drug-likeness (QED) is 0.310. The van der Waals surface area contributed by atoms with E-state index in [2.05, 4.69) is 5.32 Å². The molecule has 8 nitrogen and oxygen atoms in total. The van der Waals surface area contributed by atoms with Crippen LogP contribution in [-0.2, 0) is 39.0 Å². The summed E-state index contributed by atoms with van der Waals surface area (Å²) in [7, 11) is -2.25. The lowest BCUT2D eigenvalue weighted by Gasteiger charge is -2.34. The normalized spacial score (nSPS) is 14.3. The smallest absolute Gasteiger partial charge is 0.244 e. The van der Waals surface area contributed by atoms with Crippen LogP contribution in [0.3, 0.4) is 0 Å². The maximum absolute atomic E-state index is 14.3. The van der Waals surface area contributed by atoms with Gasteiger partial charge in [-0.3, -0.25) is 13.9 Å². The van der Waals surface area contributed by atoms with Gasteiger partial charge in [0, 0.05) is 19.0 Å². The highest BCUT2D eigenvalue weighted by Crippen LogP contribution is 2.25. The molecule has 3 aromatic carbocycles. The van der Waals surface area contributed by atoms with Gasteiger partial charge in [0.05, 0.1) is 19.1 Å². The number of benzene rings is 3. The topological polar surface area (TPSA) is 96.0 Å².